The SMILES string of the molecule is CCN(CC)S(=O)(=O)c1ccc(C(=O)NCCCc2ccc(O)cc2)cc1. The second-order valence-corrected chi connectivity index (χ2v) is 8.08. The lowest BCUT2D eigenvalue weighted by atomic mass is 10.1. The van der Waals surface area contributed by atoms with Crippen LogP contribution in [0.1, 0.15) is 36.2 Å². The number of phenolic OH excluding ortho intramolecular Hbond substituents is 1. The van der Waals surface area contributed by atoms with Crippen LogP contribution < -0.4 is 5.32 Å². The minimum Gasteiger partial charge on any atom is -0.508 e. The van der Waals surface area contributed by atoms with Crippen molar-refractivity contribution >= 4 is 15.9 Å². The Morgan fingerprint density at radius 1 is 1.00 bits per heavy atom. The molecule has 2 aromatic carbocycles. The fraction of sp³-hybridized carbons (Fsp3) is 0.350. The number of phenols is 1. The van der Waals surface area contributed by atoms with Crippen LogP contribution in [-0.4, -0.2) is 43.4 Å². The van der Waals surface area contributed by atoms with Gasteiger partial charge in [-0.05, 0) is 54.8 Å². The number of hydrogen-bond donors (Lipinski definition) is 2. The van der Waals surface area contributed by atoms with Crippen molar-refractivity contribution in [3.05, 3.63) is 59.7 Å². The summed E-state index contributed by atoms with van der Waals surface area (Å²) in [7, 11) is -3.51. The van der Waals surface area contributed by atoms with Crippen LogP contribution in [0.2, 0.25) is 0 Å². The van der Waals surface area contributed by atoms with Crippen molar-refractivity contribution in [3.63, 3.8) is 0 Å². The van der Waals surface area contributed by atoms with E-state index in [1.165, 1.54) is 28.6 Å². The van der Waals surface area contributed by atoms with Gasteiger partial charge in [-0.1, -0.05) is 26.0 Å². The molecule has 0 radical (unpaired) electrons. The summed E-state index contributed by atoms with van der Waals surface area (Å²) in [6.45, 7) is 4.91. The van der Waals surface area contributed by atoms with E-state index in [1.807, 2.05) is 12.1 Å². The molecular weight excluding hydrogens is 364 g/mol. The highest BCUT2D eigenvalue weighted by Crippen LogP contribution is 2.16. The van der Waals surface area contributed by atoms with Gasteiger partial charge in [0, 0.05) is 25.2 Å². The van der Waals surface area contributed by atoms with E-state index in [-0.39, 0.29) is 16.6 Å². The number of carbonyl (C=O) groups is 1. The minimum absolute atomic E-state index is 0.190. The molecule has 0 saturated carbocycles. The smallest absolute Gasteiger partial charge is 0.251 e. The monoisotopic (exact) mass is 390 g/mol. The highest BCUT2D eigenvalue weighted by molar-refractivity contribution is 7.89. The van der Waals surface area contributed by atoms with Gasteiger partial charge in [0.25, 0.3) is 5.91 Å². The summed E-state index contributed by atoms with van der Waals surface area (Å²) in [6.07, 6.45) is 1.56. The van der Waals surface area contributed by atoms with Crippen LogP contribution in [0, 0.1) is 0 Å². The Kier molecular flexibility index (Phi) is 7.38. The van der Waals surface area contributed by atoms with Gasteiger partial charge in [0.2, 0.25) is 10.0 Å². The lowest BCUT2D eigenvalue weighted by Crippen LogP contribution is -2.30. The van der Waals surface area contributed by atoms with Gasteiger partial charge in [0.15, 0.2) is 0 Å². The first-order valence-electron chi connectivity index (χ1n) is 9.04. The van der Waals surface area contributed by atoms with Gasteiger partial charge in [-0.2, -0.15) is 4.31 Å². The average molecular weight is 391 g/mol. The molecule has 0 aliphatic heterocycles. The van der Waals surface area contributed by atoms with Crippen molar-refractivity contribution in [1.29, 1.82) is 0 Å². The maximum absolute atomic E-state index is 12.5. The fourth-order valence-electron chi connectivity index (χ4n) is 2.75. The second kappa shape index (κ2) is 9.53. The number of carbonyl (C=O) groups excluding carboxylic acids is 1. The predicted molar refractivity (Wildman–Crippen MR) is 105 cm³/mol. The Morgan fingerprint density at radius 2 is 1.59 bits per heavy atom. The number of nitrogens with zero attached hydrogens (tertiary/aromatic N) is 1. The molecule has 0 spiro atoms. The molecule has 27 heavy (non-hydrogen) atoms. The molecule has 2 rings (SSSR count). The Morgan fingerprint density at radius 3 is 2.15 bits per heavy atom. The van der Waals surface area contributed by atoms with Crippen LogP contribution >= 0.6 is 0 Å². The zero-order chi connectivity index (χ0) is 19.9. The van der Waals surface area contributed by atoms with Crippen molar-refractivity contribution in [2.24, 2.45) is 0 Å². The first-order chi connectivity index (χ1) is 12.9. The quantitative estimate of drug-likeness (QED) is 0.645. The van der Waals surface area contributed by atoms with E-state index < -0.39 is 10.0 Å². The molecule has 0 fully saturated rings. The molecule has 0 aliphatic rings. The summed E-state index contributed by atoms with van der Waals surface area (Å²) in [5.74, 6) is 0.00556. The average Bonchev–Trinajstić information content (AvgIpc) is 2.67. The number of amides is 1. The van der Waals surface area contributed by atoms with Crippen LogP contribution in [0.15, 0.2) is 53.4 Å². The van der Waals surface area contributed by atoms with E-state index in [9.17, 15) is 18.3 Å². The lowest BCUT2D eigenvalue weighted by molar-refractivity contribution is 0.0953. The number of rotatable bonds is 9. The molecule has 0 aromatic heterocycles. The molecule has 0 saturated heterocycles. The Balaban J connectivity index is 1.89. The van der Waals surface area contributed by atoms with Gasteiger partial charge in [0.1, 0.15) is 5.75 Å². The van der Waals surface area contributed by atoms with Crippen LogP contribution in [0.5, 0.6) is 5.75 Å². The molecule has 6 nitrogen and oxygen atoms in total. The van der Waals surface area contributed by atoms with Gasteiger partial charge in [-0.3, -0.25) is 4.79 Å². The van der Waals surface area contributed by atoms with Crippen molar-refractivity contribution in [2.75, 3.05) is 19.6 Å². The number of aromatic hydroxyl groups is 1. The number of aryl methyl sites for hydroxylation is 1. The topological polar surface area (TPSA) is 86.7 Å². The van der Waals surface area contributed by atoms with E-state index in [0.717, 1.165) is 18.4 Å². The third kappa shape index (κ3) is 5.55. The van der Waals surface area contributed by atoms with E-state index in [4.69, 9.17) is 0 Å². The Hall–Kier alpha value is -2.38. The summed E-state index contributed by atoms with van der Waals surface area (Å²) in [6, 6.07) is 13.0. The summed E-state index contributed by atoms with van der Waals surface area (Å²) in [4.78, 5) is 12.4. The molecule has 7 heteroatoms. The zero-order valence-corrected chi connectivity index (χ0v) is 16.5. The summed E-state index contributed by atoms with van der Waals surface area (Å²) < 4.78 is 26.3. The largest absolute Gasteiger partial charge is 0.508 e. The van der Waals surface area contributed by atoms with Gasteiger partial charge in [-0.25, -0.2) is 8.42 Å². The number of nitrogens with one attached hydrogen (secondary N) is 1. The standard InChI is InChI=1S/C20H26N2O4S/c1-3-22(4-2)27(25,26)19-13-9-17(10-14-19)20(24)21-15-5-6-16-7-11-18(23)12-8-16/h7-14,23H,3-6,15H2,1-2H3,(H,21,24). The molecular formula is C20H26N2O4S. The Bertz CT molecular complexity index is 843. The predicted octanol–water partition coefficient (Wildman–Crippen LogP) is 2.79. The number of hydrogen-bond acceptors (Lipinski definition) is 4. The van der Waals surface area contributed by atoms with Crippen LogP contribution in [0.4, 0.5) is 0 Å². The maximum atomic E-state index is 12.5. The molecule has 1 amide bonds. The third-order valence-electron chi connectivity index (χ3n) is 4.32. The highest BCUT2D eigenvalue weighted by Gasteiger charge is 2.21. The van der Waals surface area contributed by atoms with Crippen LogP contribution in [-0.2, 0) is 16.4 Å². The number of benzene rings is 2. The van der Waals surface area contributed by atoms with E-state index in [1.54, 1.807) is 26.0 Å². The van der Waals surface area contributed by atoms with Gasteiger partial charge < -0.3 is 10.4 Å². The van der Waals surface area contributed by atoms with Gasteiger partial charge in [-0.15, -0.1) is 0 Å². The third-order valence-corrected chi connectivity index (χ3v) is 6.39. The molecule has 0 bridgehead atoms. The number of sulfonamides is 1. The molecule has 2 N–H and O–H groups in total. The molecule has 2 aromatic rings. The molecule has 0 aliphatic carbocycles. The Labute approximate surface area is 160 Å². The summed E-state index contributed by atoms with van der Waals surface area (Å²) in [5, 5.41) is 12.1. The molecule has 0 atom stereocenters. The first kappa shape index (κ1) is 20.9. The van der Waals surface area contributed by atoms with E-state index in [2.05, 4.69) is 5.32 Å². The van der Waals surface area contributed by atoms with Crippen molar-refractivity contribution in [2.45, 2.75) is 31.6 Å². The molecule has 146 valence electrons. The fourth-order valence-corrected chi connectivity index (χ4v) is 4.21. The van der Waals surface area contributed by atoms with Crippen LogP contribution in [0.25, 0.3) is 0 Å². The van der Waals surface area contributed by atoms with Gasteiger partial charge in [0.05, 0.1) is 4.90 Å². The minimum atomic E-state index is -3.51. The normalized spacial score (nSPS) is 11.5. The van der Waals surface area contributed by atoms with Crippen molar-refractivity contribution in [1.82, 2.24) is 9.62 Å². The first-order valence-corrected chi connectivity index (χ1v) is 10.5. The van der Waals surface area contributed by atoms with E-state index in [0.29, 0.717) is 25.2 Å². The van der Waals surface area contributed by atoms with Crippen molar-refractivity contribution in [3.8, 4) is 5.75 Å². The summed E-state index contributed by atoms with van der Waals surface area (Å²) in [5.41, 5.74) is 1.52. The molecule has 0 unspecified atom stereocenters. The maximum Gasteiger partial charge on any atom is 0.251 e. The lowest BCUT2D eigenvalue weighted by Gasteiger charge is -2.18. The second-order valence-electron chi connectivity index (χ2n) is 6.14. The van der Waals surface area contributed by atoms with E-state index >= 15 is 0 Å². The molecule has 0 heterocycles. The van der Waals surface area contributed by atoms with Gasteiger partial charge >= 0.3 is 0 Å². The zero-order valence-electron chi connectivity index (χ0n) is 15.7. The summed E-state index contributed by atoms with van der Waals surface area (Å²) >= 11 is 0. The van der Waals surface area contributed by atoms with Crippen molar-refractivity contribution < 1.29 is 18.3 Å². The highest BCUT2D eigenvalue weighted by atomic mass is 32.2. The van der Waals surface area contributed by atoms with Crippen LogP contribution in [0.3, 0.4) is 0 Å².